The fourth-order valence-electron chi connectivity index (χ4n) is 0.446. The highest BCUT2D eigenvalue weighted by molar-refractivity contribution is 7.34. The topological polar surface area (TPSA) is 30.0 Å². The van der Waals surface area contributed by atoms with Gasteiger partial charge in [-0.3, -0.25) is 4.57 Å². The van der Waals surface area contributed by atoms with Crippen LogP contribution in [0.4, 0.5) is 0 Å². The van der Waals surface area contributed by atoms with Crippen molar-refractivity contribution in [2.75, 3.05) is 0 Å². The summed E-state index contributed by atoms with van der Waals surface area (Å²) in [6.07, 6.45) is 1.55. The molecule has 1 heterocycles. The molecule has 0 aliphatic rings. The van der Waals surface area contributed by atoms with Crippen LogP contribution < -0.4 is 5.30 Å². The van der Waals surface area contributed by atoms with Gasteiger partial charge < -0.3 is 0 Å². The zero-order valence-corrected chi connectivity index (χ0v) is 7.29. The molecule has 0 bridgehead atoms. The average Bonchev–Trinajstić information content (AvgIpc) is 1.89. The quantitative estimate of drug-likeness (QED) is 0.508. The summed E-state index contributed by atoms with van der Waals surface area (Å²) in [5.41, 5.74) is 0. The molecule has 2 nitrogen and oxygen atoms in total. The van der Waals surface area contributed by atoms with E-state index in [1.807, 2.05) is 0 Å². The van der Waals surface area contributed by atoms with Crippen molar-refractivity contribution in [1.82, 2.24) is 4.98 Å². The molecule has 1 rings (SSSR count). The summed E-state index contributed by atoms with van der Waals surface area (Å²) in [6, 6.07) is 3.34. The summed E-state index contributed by atoms with van der Waals surface area (Å²) < 4.78 is 10.2. The number of hydrogen-bond donors (Lipinski definition) is 0. The van der Waals surface area contributed by atoms with Crippen molar-refractivity contribution in [3.8, 4) is 0 Å². The van der Waals surface area contributed by atoms with Gasteiger partial charge in [0, 0.05) is 6.20 Å². The first kappa shape index (κ1) is 9.83. The van der Waals surface area contributed by atoms with Crippen LogP contribution in [0.5, 0.6) is 0 Å². The highest BCUT2D eigenvalue weighted by Crippen LogP contribution is 2.04. The van der Waals surface area contributed by atoms with Crippen molar-refractivity contribution in [2.24, 2.45) is 0 Å². The second-order valence-corrected chi connectivity index (χ2v) is 2.43. The van der Waals surface area contributed by atoms with Crippen LogP contribution in [0.2, 0.25) is 5.15 Å². The zero-order valence-electron chi connectivity index (χ0n) is 4.82. The van der Waals surface area contributed by atoms with Crippen LogP contribution in [0.3, 0.4) is 0 Å². The first-order valence-corrected chi connectivity index (χ1v) is 3.47. The van der Waals surface area contributed by atoms with Gasteiger partial charge in [-0.05, 0) is 12.1 Å². The van der Waals surface area contributed by atoms with Crippen molar-refractivity contribution in [1.29, 1.82) is 0 Å². The second-order valence-electron chi connectivity index (χ2n) is 1.40. The number of nitrogens with zero attached hydrogens (tertiary/aromatic N) is 1. The molecule has 0 unspecified atom stereocenters. The van der Waals surface area contributed by atoms with Crippen molar-refractivity contribution < 1.29 is 4.57 Å². The maximum atomic E-state index is 10.2. The van der Waals surface area contributed by atoms with Crippen LogP contribution in [0.15, 0.2) is 18.3 Å². The molecule has 0 fully saturated rings. The van der Waals surface area contributed by atoms with Gasteiger partial charge in [0.2, 0.25) is 0 Å². The number of pyridine rings is 1. The molecule has 54 valence electrons. The fraction of sp³-hybridized carbons (Fsp3) is 0. The standard InChI is InChI=1S/C5H3ClNOP.ClH/c6-5-4(9-8)2-1-3-7-5;/h1-3H;1H. The van der Waals surface area contributed by atoms with Crippen LogP contribution >= 0.6 is 32.5 Å². The molecule has 0 aliphatic carbocycles. The Morgan fingerprint density at radius 3 is 2.70 bits per heavy atom. The van der Waals surface area contributed by atoms with E-state index in [9.17, 15) is 4.57 Å². The van der Waals surface area contributed by atoms with Crippen LogP contribution in [0.1, 0.15) is 0 Å². The Kier molecular flexibility index (Phi) is 4.54. The van der Waals surface area contributed by atoms with Gasteiger partial charge in [-0.15, -0.1) is 12.4 Å². The monoisotopic (exact) mass is 195 g/mol. The number of aromatic nitrogens is 1. The third kappa shape index (κ3) is 2.22. The number of halogens is 2. The maximum absolute atomic E-state index is 10.2. The Morgan fingerprint density at radius 1 is 1.60 bits per heavy atom. The van der Waals surface area contributed by atoms with Crippen molar-refractivity contribution >= 4 is 37.8 Å². The molecule has 0 radical (unpaired) electrons. The molecule has 0 atom stereocenters. The van der Waals surface area contributed by atoms with E-state index in [-0.39, 0.29) is 20.9 Å². The van der Waals surface area contributed by atoms with Gasteiger partial charge in [0.15, 0.2) is 8.46 Å². The highest BCUT2D eigenvalue weighted by atomic mass is 35.5. The SMILES string of the molecule is Cl.O=Pc1cccnc1Cl. The molecule has 1 aromatic heterocycles. The minimum atomic E-state index is -0.0823. The Balaban J connectivity index is 0.000000810. The van der Waals surface area contributed by atoms with Gasteiger partial charge in [-0.1, -0.05) is 11.6 Å². The van der Waals surface area contributed by atoms with E-state index in [1.54, 1.807) is 18.3 Å². The molecule has 0 aliphatic heterocycles. The smallest absolute Gasteiger partial charge is 0.195 e. The van der Waals surface area contributed by atoms with E-state index in [4.69, 9.17) is 11.6 Å². The van der Waals surface area contributed by atoms with Crippen LogP contribution in [0, 0.1) is 0 Å². The first-order valence-electron chi connectivity index (χ1n) is 2.28. The summed E-state index contributed by atoms with van der Waals surface area (Å²) >= 11 is 5.51. The summed E-state index contributed by atoms with van der Waals surface area (Å²) in [5, 5.41) is 0.827. The largest absolute Gasteiger partial charge is 0.269 e. The lowest BCUT2D eigenvalue weighted by Crippen LogP contribution is -1.93. The second kappa shape index (κ2) is 4.62. The molecule has 0 amide bonds. The minimum Gasteiger partial charge on any atom is -0.269 e. The molecule has 1 aromatic rings. The highest BCUT2D eigenvalue weighted by Gasteiger charge is 1.95. The first-order chi connectivity index (χ1) is 4.34. The molecule has 0 N–H and O–H groups in total. The molecule has 0 saturated heterocycles. The lowest BCUT2D eigenvalue weighted by Gasteiger charge is -1.87. The normalized spacial score (nSPS) is 8.90. The fourth-order valence-corrected chi connectivity index (χ4v) is 0.948. The maximum Gasteiger partial charge on any atom is 0.195 e. The summed E-state index contributed by atoms with van der Waals surface area (Å²) in [6.45, 7) is 0. The lowest BCUT2D eigenvalue weighted by molar-refractivity contribution is 0.603. The summed E-state index contributed by atoms with van der Waals surface area (Å²) in [4.78, 5) is 3.71. The van der Waals surface area contributed by atoms with Gasteiger partial charge in [-0.2, -0.15) is 0 Å². The van der Waals surface area contributed by atoms with E-state index >= 15 is 0 Å². The minimum absolute atomic E-state index is 0. The van der Waals surface area contributed by atoms with E-state index < -0.39 is 0 Å². The van der Waals surface area contributed by atoms with Crippen LogP contribution in [-0.2, 0) is 4.57 Å². The number of rotatable bonds is 1. The van der Waals surface area contributed by atoms with E-state index in [0.717, 1.165) is 0 Å². The molecule has 0 spiro atoms. The Bertz CT molecular complexity index is 231. The molecule has 0 aromatic carbocycles. The lowest BCUT2D eigenvalue weighted by atomic mass is 10.5. The summed E-state index contributed by atoms with van der Waals surface area (Å²) in [5.74, 6) is 0. The Hall–Kier alpha value is -0.170. The van der Waals surface area contributed by atoms with Gasteiger partial charge in [0.1, 0.15) is 5.15 Å². The van der Waals surface area contributed by atoms with Gasteiger partial charge in [0.05, 0.1) is 5.30 Å². The third-order valence-corrected chi connectivity index (χ3v) is 1.83. The van der Waals surface area contributed by atoms with Crippen LogP contribution in [0.25, 0.3) is 0 Å². The zero-order chi connectivity index (χ0) is 6.69. The predicted molar refractivity (Wildman–Crippen MR) is 43.7 cm³/mol. The molecule has 10 heavy (non-hydrogen) atoms. The van der Waals surface area contributed by atoms with Gasteiger partial charge in [-0.25, -0.2) is 4.98 Å². The van der Waals surface area contributed by atoms with E-state index in [2.05, 4.69) is 4.98 Å². The van der Waals surface area contributed by atoms with E-state index in [0.29, 0.717) is 10.5 Å². The third-order valence-electron chi connectivity index (χ3n) is 0.838. The average molecular weight is 196 g/mol. The van der Waals surface area contributed by atoms with Crippen molar-refractivity contribution in [2.45, 2.75) is 0 Å². The van der Waals surface area contributed by atoms with Gasteiger partial charge in [0.25, 0.3) is 0 Å². The van der Waals surface area contributed by atoms with Gasteiger partial charge >= 0.3 is 0 Å². The molecule has 0 saturated carbocycles. The number of hydrogen-bond acceptors (Lipinski definition) is 2. The van der Waals surface area contributed by atoms with Crippen molar-refractivity contribution in [3.63, 3.8) is 0 Å². The summed E-state index contributed by atoms with van der Waals surface area (Å²) in [7, 11) is -0.0823. The molecule has 5 heteroatoms. The van der Waals surface area contributed by atoms with Crippen molar-refractivity contribution in [3.05, 3.63) is 23.5 Å². The molecular formula is C5H4Cl2NOP. The predicted octanol–water partition coefficient (Wildman–Crippen LogP) is 2.07. The van der Waals surface area contributed by atoms with E-state index in [1.165, 1.54) is 0 Å². The Labute approximate surface area is 71.2 Å². The van der Waals surface area contributed by atoms with Crippen LogP contribution in [-0.4, -0.2) is 4.98 Å². The Morgan fingerprint density at radius 2 is 2.30 bits per heavy atom. The molecular weight excluding hydrogens is 192 g/mol.